The Hall–Kier alpha value is -0.870. The van der Waals surface area contributed by atoms with Crippen LogP contribution in [0.1, 0.15) is 23.7 Å². The van der Waals surface area contributed by atoms with E-state index in [2.05, 4.69) is 20.4 Å². The van der Waals surface area contributed by atoms with Crippen molar-refractivity contribution in [3.05, 3.63) is 17.5 Å². The van der Waals surface area contributed by atoms with E-state index in [1.54, 1.807) is 0 Å². The van der Waals surface area contributed by atoms with Crippen LogP contribution in [0.5, 0.6) is 0 Å². The quantitative estimate of drug-likeness (QED) is 0.661. The van der Waals surface area contributed by atoms with Gasteiger partial charge in [-0.25, -0.2) is 0 Å². The van der Waals surface area contributed by atoms with Gasteiger partial charge in [0.25, 0.3) is 0 Å². The van der Waals surface area contributed by atoms with Crippen LogP contribution in [0.4, 0.5) is 0 Å². The summed E-state index contributed by atoms with van der Waals surface area (Å²) in [5.41, 5.74) is 2.85. The van der Waals surface area contributed by atoms with E-state index in [4.69, 9.17) is 0 Å². The summed E-state index contributed by atoms with van der Waals surface area (Å²) >= 11 is 0. The van der Waals surface area contributed by atoms with E-state index in [9.17, 15) is 0 Å². The highest BCUT2D eigenvalue weighted by Crippen LogP contribution is 2.21. The molecule has 1 saturated heterocycles. The first-order chi connectivity index (χ1) is 6.95. The number of fused-ring (bicyclic) bond motifs is 1. The second kappa shape index (κ2) is 3.37. The third-order valence-corrected chi connectivity index (χ3v) is 3.22. The minimum atomic E-state index is 0.594. The molecule has 1 fully saturated rings. The largest absolute Gasteiger partial charge is 0.315 e. The third kappa shape index (κ3) is 1.26. The number of rotatable bonds is 1. The number of aromatic nitrogens is 2. The molecule has 14 heavy (non-hydrogen) atoms. The summed E-state index contributed by atoms with van der Waals surface area (Å²) in [6.07, 6.45) is 4.38. The molecule has 1 unspecified atom stereocenters. The van der Waals surface area contributed by atoms with E-state index in [0.717, 1.165) is 32.6 Å². The van der Waals surface area contributed by atoms with Gasteiger partial charge in [0.05, 0.1) is 12.2 Å². The molecule has 4 heteroatoms. The zero-order valence-corrected chi connectivity index (χ0v) is 8.29. The summed E-state index contributed by atoms with van der Waals surface area (Å²) in [5, 5.41) is 11.3. The molecule has 0 saturated carbocycles. The van der Waals surface area contributed by atoms with Gasteiger partial charge in [0.1, 0.15) is 0 Å². The molecule has 2 aliphatic heterocycles. The van der Waals surface area contributed by atoms with Gasteiger partial charge in [-0.05, 0) is 13.0 Å². The maximum Gasteiger partial charge on any atom is 0.0658 e. The van der Waals surface area contributed by atoms with Crippen molar-refractivity contribution in [2.45, 2.75) is 25.4 Å². The van der Waals surface area contributed by atoms with Crippen LogP contribution in [-0.2, 0) is 13.0 Å². The van der Waals surface area contributed by atoms with Crippen LogP contribution in [0.25, 0.3) is 0 Å². The van der Waals surface area contributed by atoms with Crippen LogP contribution < -0.4 is 10.6 Å². The van der Waals surface area contributed by atoms with E-state index >= 15 is 0 Å². The lowest BCUT2D eigenvalue weighted by atomic mass is 10.1. The Morgan fingerprint density at radius 2 is 2.36 bits per heavy atom. The lowest BCUT2D eigenvalue weighted by molar-refractivity contribution is 0.461. The number of hydrogen-bond donors (Lipinski definition) is 2. The molecule has 0 aromatic carbocycles. The van der Waals surface area contributed by atoms with Crippen molar-refractivity contribution in [3.8, 4) is 0 Å². The van der Waals surface area contributed by atoms with Crippen molar-refractivity contribution in [1.82, 2.24) is 20.4 Å². The fraction of sp³-hybridized carbons (Fsp3) is 0.700. The van der Waals surface area contributed by atoms with Crippen LogP contribution in [-0.4, -0.2) is 29.4 Å². The van der Waals surface area contributed by atoms with Gasteiger partial charge in [0.15, 0.2) is 0 Å². The van der Waals surface area contributed by atoms with Gasteiger partial charge >= 0.3 is 0 Å². The average molecular weight is 192 g/mol. The van der Waals surface area contributed by atoms with Gasteiger partial charge in [0.2, 0.25) is 0 Å². The number of nitrogens with one attached hydrogen (secondary N) is 2. The minimum Gasteiger partial charge on any atom is -0.315 e. The van der Waals surface area contributed by atoms with Gasteiger partial charge in [-0.1, -0.05) is 0 Å². The van der Waals surface area contributed by atoms with E-state index in [1.165, 1.54) is 17.7 Å². The first-order valence-electron chi connectivity index (χ1n) is 5.42. The van der Waals surface area contributed by atoms with Crippen molar-refractivity contribution < 1.29 is 0 Å². The predicted molar refractivity (Wildman–Crippen MR) is 54.2 cm³/mol. The van der Waals surface area contributed by atoms with Crippen molar-refractivity contribution >= 4 is 0 Å². The van der Waals surface area contributed by atoms with E-state index in [-0.39, 0.29) is 0 Å². The molecule has 0 aliphatic carbocycles. The second-order valence-corrected chi connectivity index (χ2v) is 4.13. The van der Waals surface area contributed by atoms with E-state index in [1.807, 2.05) is 6.20 Å². The maximum absolute atomic E-state index is 4.52. The highest BCUT2D eigenvalue weighted by Gasteiger charge is 2.22. The molecule has 1 aromatic heterocycles. The Kier molecular flexibility index (Phi) is 2.03. The number of hydrogen-bond acceptors (Lipinski definition) is 3. The predicted octanol–water partition coefficient (Wildman–Crippen LogP) is 0.0632. The SMILES string of the molecule is c1nn(C2CCNC2)c2c1CNCC2. The maximum atomic E-state index is 4.52. The van der Waals surface area contributed by atoms with Gasteiger partial charge in [-0.15, -0.1) is 0 Å². The smallest absolute Gasteiger partial charge is 0.0658 e. The first-order valence-corrected chi connectivity index (χ1v) is 5.42. The lowest BCUT2D eigenvalue weighted by Crippen LogP contribution is -2.26. The van der Waals surface area contributed by atoms with E-state index < -0.39 is 0 Å². The van der Waals surface area contributed by atoms with Crippen molar-refractivity contribution in [2.24, 2.45) is 0 Å². The van der Waals surface area contributed by atoms with Crippen LogP contribution in [0.3, 0.4) is 0 Å². The third-order valence-electron chi connectivity index (χ3n) is 3.22. The van der Waals surface area contributed by atoms with Crippen LogP contribution in [0.15, 0.2) is 6.20 Å². The Labute approximate surface area is 83.7 Å². The summed E-state index contributed by atoms with van der Waals surface area (Å²) in [6, 6.07) is 0.594. The summed E-state index contributed by atoms with van der Waals surface area (Å²) in [7, 11) is 0. The van der Waals surface area contributed by atoms with Crippen LogP contribution in [0.2, 0.25) is 0 Å². The molecule has 0 spiro atoms. The number of nitrogens with zero attached hydrogens (tertiary/aromatic N) is 2. The molecule has 3 heterocycles. The summed E-state index contributed by atoms with van der Waals surface area (Å²) in [5.74, 6) is 0. The zero-order chi connectivity index (χ0) is 9.38. The topological polar surface area (TPSA) is 41.9 Å². The van der Waals surface area contributed by atoms with Gasteiger partial charge in [-0.2, -0.15) is 5.10 Å². The molecule has 1 aromatic rings. The molecule has 0 bridgehead atoms. The summed E-state index contributed by atoms with van der Waals surface area (Å²) < 4.78 is 2.25. The van der Waals surface area contributed by atoms with Gasteiger partial charge in [-0.3, -0.25) is 4.68 Å². The average Bonchev–Trinajstić information content (AvgIpc) is 2.85. The molecule has 4 nitrogen and oxygen atoms in total. The molecule has 2 aliphatic rings. The van der Waals surface area contributed by atoms with Crippen molar-refractivity contribution in [3.63, 3.8) is 0 Å². The molecular weight excluding hydrogens is 176 g/mol. The molecular formula is C10H16N4. The van der Waals surface area contributed by atoms with Crippen molar-refractivity contribution in [2.75, 3.05) is 19.6 Å². The molecule has 76 valence electrons. The molecule has 0 radical (unpaired) electrons. The Morgan fingerprint density at radius 1 is 1.36 bits per heavy atom. The van der Waals surface area contributed by atoms with Gasteiger partial charge < -0.3 is 10.6 Å². The fourth-order valence-corrected chi connectivity index (χ4v) is 2.44. The summed E-state index contributed by atoms with van der Waals surface area (Å²) in [4.78, 5) is 0. The highest BCUT2D eigenvalue weighted by molar-refractivity contribution is 5.21. The minimum absolute atomic E-state index is 0.594. The van der Waals surface area contributed by atoms with Crippen LogP contribution >= 0.6 is 0 Å². The Bertz CT molecular complexity index is 325. The normalized spacial score (nSPS) is 26.4. The highest BCUT2D eigenvalue weighted by atomic mass is 15.3. The summed E-state index contributed by atoms with van der Waals surface area (Å²) in [6.45, 7) is 4.31. The molecule has 2 N–H and O–H groups in total. The van der Waals surface area contributed by atoms with Crippen LogP contribution in [0, 0.1) is 0 Å². The Morgan fingerprint density at radius 3 is 3.21 bits per heavy atom. The zero-order valence-electron chi connectivity index (χ0n) is 8.29. The second-order valence-electron chi connectivity index (χ2n) is 4.13. The molecule has 1 atom stereocenters. The van der Waals surface area contributed by atoms with Crippen molar-refractivity contribution in [1.29, 1.82) is 0 Å². The standard InChI is InChI=1S/C10H16N4/c1-3-12-7-9(1)14-10-2-4-11-5-8(10)6-13-14/h6,9,11-12H,1-5,7H2. The monoisotopic (exact) mass is 192 g/mol. The Balaban J connectivity index is 1.93. The molecule has 3 rings (SSSR count). The molecule has 0 amide bonds. The first kappa shape index (κ1) is 8.44. The lowest BCUT2D eigenvalue weighted by Gasteiger charge is -2.18. The van der Waals surface area contributed by atoms with Gasteiger partial charge in [0, 0.05) is 37.3 Å². The fourth-order valence-electron chi connectivity index (χ4n) is 2.44. The van der Waals surface area contributed by atoms with E-state index in [0.29, 0.717) is 6.04 Å².